The van der Waals surface area contributed by atoms with E-state index in [1.54, 1.807) is 0 Å². The number of nitrogens with one attached hydrogen (secondary N) is 1. The Kier molecular flexibility index (Phi) is 5.30. The van der Waals surface area contributed by atoms with Crippen molar-refractivity contribution in [2.24, 2.45) is 0 Å². The monoisotopic (exact) mass is 239 g/mol. The van der Waals surface area contributed by atoms with Crippen LogP contribution in [0.3, 0.4) is 0 Å². The summed E-state index contributed by atoms with van der Waals surface area (Å²) in [5.74, 6) is 0.229. The molecule has 0 bridgehead atoms. The normalized spacial score (nSPS) is 26.7. The smallest absolute Gasteiger partial charge is 0.220 e. The molecule has 1 amide bonds. The van der Waals surface area contributed by atoms with Gasteiger partial charge < -0.3 is 10.1 Å². The summed E-state index contributed by atoms with van der Waals surface area (Å²) in [4.78, 5) is 11.8. The van der Waals surface area contributed by atoms with Crippen LogP contribution >= 0.6 is 0 Å². The molecule has 98 valence electrons. The molecule has 2 fully saturated rings. The van der Waals surface area contributed by atoms with Crippen LogP contribution in [0.1, 0.15) is 64.2 Å². The number of carbonyl (C=O) groups excluding carboxylic acids is 1. The Morgan fingerprint density at radius 3 is 2.47 bits per heavy atom. The lowest BCUT2D eigenvalue weighted by Crippen LogP contribution is -2.34. The molecule has 1 saturated carbocycles. The molecule has 2 aliphatic rings. The molecule has 0 radical (unpaired) electrons. The van der Waals surface area contributed by atoms with Crippen molar-refractivity contribution in [1.29, 1.82) is 0 Å². The SMILES string of the molecule is O=C(CC[C@H]1CCCO1)NC1CCCCCC1. The molecule has 3 nitrogen and oxygen atoms in total. The fourth-order valence-electron chi connectivity index (χ4n) is 2.89. The standard InChI is InChI=1S/C14H25NO2/c16-14(10-9-13-8-5-11-17-13)15-12-6-3-1-2-4-7-12/h12-13H,1-11H2,(H,15,16)/t13-/m1/s1. The molecule has 1 aliphatic carbocycles. The minimum Gasteiger partial charge on any atom is -0.378 e. The van der Waals surface area contributed by atoms with E-state index in [0.29, 0.717) is 18.6 Å². The Hall–Kier alpha value is -0.570. The fraction of sp³-hybridized carbons (Fsp3) is 0.929. The molecule has 1 N–H and O–H groups in total. The minimum absolute atomic E-state index is 0.229. The summed E-state index contributed by atoms with van der Waals surface area (Å²) in [5.41, 5.74) is 0. The first-order valence-corrected chi connectivity index (χ1v) is 7.25. The molecule has 0 aromatic rings. The maximum Gasteiger partial charge on any atom is 0.220 e. The van der Waals surface area contributed by atoms with E-state index < -0.39 is 0 Å². The Morgan fingerprint density at radius 2 is 1.82 bits per heavy atom. The van der Waals surface area contributed by atoms with Crippen molar-refractivity contribution in [2.45, 2.75) is 76.4 Å². The summed E-state index contributed by atoms with van der Waals surface area (Å²) >= 11 is 0. The molecular formula is C14H25NO2. The summed E-state index contributed by atoms with van der Waals surface area (Å²) in [5, 5.41) is 3.19. The van der Waals surface area contributed by atoms with E-state index in [2.05, 4.69) is 5.32 Å². The van der Waals surface area contributed by atoms with Crippen molar-refractivity contribution < 1.29 is 9.53 Å². The number of rotatable bonds is 4. The molecule has 0 unspecified atom stereocenters. The van der Waals surface area contributed by atoms with E-state index in [-0.39, 0.29) is 5.91 Å². The highest BCUT2D eigenvalue weighted by Crippen LogP contribution is 2.19. The molecule has 0 spiro atoms. The zero-order valence-corrected chi connectivity index (χ0v) is 10.7. The summed E-state index contributed by atoms with van der Waals surface area (Å²) in [6.45, 7) is 0.884. The highest BCUT2D eigenvalue weighted by atomic mass is 16.5. The second-order valence-electron chi connectivity index (χ2n) is 5.43. The Labute approximate surface area is 104 Å². The minimum atomic E-state index is 0.229. The van der Waals surface area contributed by atoms with Crippen LogP contribution in [0.2, 0.25) is 0 Å². The third kappa shape index (κ3) is 4.66. The van der Waals surface area contributed by atoms with Crippen LogP contribution in [0.4, 0.5) is 0 Å². The van der Waals surface area contributed by atoms with Gasteiger partial charge in [-0.15, -0.1) is 0 Å². The van der Waals surface area contributed by atoms with Gasteiger partial charge in [0.25, 0.3) is 0 Å². The van der Waals surface area contributed by atoms with Gasteiger partial charge in [0.05, 0.1) is 6.10 Å². The number of hydrogen-bond acceptors (Lipinski definition) is 2. The van der Waals surface area contributed by atoms with Gasteiger partial charge in [-0.25, -0.2) is 0 Å². The van der Waals surface area contributed by atoms with Crippen molar-refractivity contribution in [2.75, 3.05) is 6.61 Å². The van der Waals surface area contributed by atoms with Gasteiger partial charge in [0.1, 0.15) is 0 Å². The quantitative estimate of drug-likeness (QED) is 0.766. The summed E-state index contributed by atoms with van der Waals surface area (Å²) < 4.78 is 5.53. The summed E-state index contributed by atoms with van der Waals surface area (Å²) in [6, 6.07) is 0.439. The number of hydrogen-bond donors (Lipinski definition) is 1. The van der Waals surface area contributed by atoms with Gasteiger partial charge in [-0.3, -0.25) is 4.79 Å². The average molecular weight is 239 g/mol. The largest absolute Gasteiger partial charge is 0.378 e. The van der Waals surface area contributed by atoms with Crippen molar-refractivity contribution in [1.82, 2.24) is 5.32 Å². The number of ether oxygens (including phenoxy) is 1. The molecular weight excluding hydrogens is 214 g/mol. The molecule has 2 rings (SSSR count). The molecule has 0 aromatic carbocycles. The first kappa shape index (κ1) is 12.9. The molecule has 0 aromatic heterocycles. The third-order valence-corrected chi connectivity index (χ3v) is 3.94. The van der Waals surface area contributed by atoms with Gasteiger partial charge in [-0.1, -0.05) is 25.7 Å². The summed E-state index contributed by atoms with van der Waals surface area (Å²) in [7, 11) is 0. The van der Waals surface area contributed by atoms with E-state index >= 15 is 0 Å². The average Bonchev–Trinajstić information content (AvgIpc) is 2.72. The molecule has 17 heavy (non-hydrogen) atoms. The van der Waals surface area contributed by atoms with Gasteiger partial charge in [-0.2, -0.15) is 0 Å². The van der Waals surface area contributed by atoms with Crippen LogP contribution in [0.25, 0.3) is 0 Å². The topological polar surface area (TPSA) is 38.3 Å². The first-order valence-electron chi connectivity index (χ1n) is 7.25. The molecule has 1 saturated heterocycles. The van der Waals surface area contributed by atoms with Crippen LogP contribution in [0.15, 0.2) is 0 Å². The van der Waals surface area contributed by atoms with E-state index in [4.69, 9.17) is 4.74 Å². The Bertz CT molecular complexity index is 228. The molecule has 1 heterocycles. The van der Waals surface area contributed by atoms with Gasteiger partial charge >= 0.3 is 0 Å². The van der Waals surface area contributed by atoms with E-state index in [1.807, 2.05) is 0 Å². The van der Waals surface area contributed by atoms with Crippen LogP contribution < -0.4 is 5.32 Å². The molecule has 1 atom stereocenters. The molecule has 3 heteroatoms. The van der Waals surface area contributed by atoms with Crippen molar-refractivity contribution in [3.63, 3.8) is 0 Å². The predicted octanol–water partition coefficient (Wildman–Crippen LogP) is 2.78. The highest BCUT2D eigenvalue weighted by Gasteiger charge is 2.18. The molecule has 1 aliphatic heterocycles. The van der Waals surface area contributed by atoms with Crippen molar-refractivity contribution >= 4 is 5.91 Å². The van der Waals surface area contributed by atoms with Crippen LogP contribution in [-0.2, 0) is 9.53 Å². The lowest BCUT2D eigenvalue weighted by atomic mass is 10.1. The van der Waals surface area contributed by atoms with Crippen LogP contribution in [0.5, 0.6) is 0 Å². The van der Waals surface area contributed by atoms with Crippen molar-refractivity contribution in [3.05, 3.63) is 0 Å². The highest BCUT2D eigenvalue weighted by molar-refractivity contribution is 5.76. The van der Waals surface area contributed by atoms with E-state index in [0.717, 1.165) is 25.9 Å². The second kappa shape index (κ2) is 7.00. The fourth-order valence-corrected chi connectivity index (χ4v) is 2.89. The van der Waals surface area contributed by atoms with E-state index in [1.165, 1.54) is 38.5 Å². The van der Waals surface area contributed by atoms with E-state index in [9.17, 15) is 4.79 Å². The lowest BCUT2D eigenvalue weighted by Gasteiger charge is -2.17. The second-order valence-corrected chi connectivity index (χ2v) is 5.43. The van der Waals surface area contributed by atoms with Crippen molar-refractivity contribution in [3.8, 4) is 0 Å². The van der Waals surface area contributed by atoms with Gasteiger partial charge in [0.15, 0.2) is 0 Å². The first-order chi connectivity index (χ1) is 8.34. The Morgan fingerprint density at radius 1 is 1.06 bits per heavy atom. The van der Waals surface area contributed by atoms with Gasteiger partial charge in [0, 0.05) is 19.1 Å². The van der Waals surface area contributed by atoms with Gasteiger partial charge in [-0.05, 0) is 32.1 Å². The zero-order valence-electron chi connectivity index (χ0n) is 10.7. The maximum atomic E-state index is 11.8. The van der Waals surface area contributed by atoms with Gasteiger partial charge in [0.2, 0.25) is 5.91 Å². The van der Waals surface area contributed by atoms with Crippen LogP contribution in [-0.4, -0.2) is 24.7 Å². The predicted molar refractivity (Wildman–Crippen MR) is 67.8 cm³/mol. The van der Waals surface area contributed by atoms with Crippen LogP contribution in [0, 0.1) is 0 Å². The Balaban J connectivity index is 1.61. The number of amides is 1. The lowest BCUT2D eigenvalue weighted by molar-refractivity contribution is -0.122. The third-order valence-electron chi connectivity index (χ3n) is 3.94. The summed E-state index contributed by atoms with van der Waals surface area (Å²) in [6.07, 6.45) is 11.7. The number of carbonyl (C=O) groups is 1. The maximum absolute atomic E-state index is 11.8. The zero-order chi connectivity index (χ0) is 11.9.